The fourth-order valence-electron chi connectivity index (χ4n) is 5.23. The summed E-state index contributed by atoms with van der Waals surface area (Å²) in [7, 11) is 0. The Labute approximate surface area is 153 Å². The molecular formula is C24H46. The van der Waals surface area contributed by atoms with E-state index in [2.05, 4.69) is 0 Å². The van der Waals surface area contributed by atoms with E-state index < -0.39 is 0 Å². The van der Waals surface area contributed by atoms with Crippen molar-refractivity contribution in [3.05, 3.63) is 0 Å². The SMILES string of the molecule is C(CCCCCCC1CCCCC1)CCCCCC1CCCCC1. The Kier molecular flexibility index (Phi) is 12.0. The van der Waals surface area contributed by atoms with Crippen molar-refractivity contribution in [2.75, 3.05) is 0 Å². The molecule has 0 aromatic carbocycles. The molecule has 0 atom stereocenters. The van der Waals surface area contributed by atoms with Crippen LogP contribution in [-0.4, -0.2) is 0 Å². The molecule has 142 valence electrons. The van der Waals surface area contributed by atoms with Gasteiger partial charge in [0.05, 0.1) is 0 Å². The third kappa shape index (κ3) is 10.1. The van der Waals surface area contributed by atoms with E-state index in [1.165, 1.54) is 103 Å². The molecule has 0 nitrogen and oxygen atoms in total. The van der Waals surface area contributed by atoms with Crippen LogP contribution in [0.25, 0.3) is 0 Å². The highest BCUT2D eigenvalue weighted by Crippen LogP contribution is 2.29. The molecule has 0 bridgehead atoms. The van der Waals surface area contributed by atoms with Gasteiger partial charge in [-0.3, -0.25) is 0 Å². The summed E-state index contributed by atoms with van der Waals surface area (Å²) in [6, 6.07) is 0. The van der Waals surface area contributed by atoms with Crippen LogP contribution >= 0.6 is 0 Å². The molecule has 0 amide bonds. The van der Waals surface area contributed by atoms with E-state index in [0.29, 0.717) is 0 Å². The summed E-state index contributed by atoms with van der Waals surface area (Å²) >= 11 is 0. The Hall–Kier alpha value is 0. The average Bonchev–Trinajstić information content (AvgIpc) is 2.64. The van der Waals surface area contributed by atoms with Gasteiger partial charge in [0.15, 0.2) is 0 Å². The smallest absolute Gasteiger partial charge is 0.0414 e. The fourth-order valence-corrected chi connectivity index (χ4v) is 5.23. The van der Waals surface area contributed by atoms with Gasteiger partial charge in [-0.15, -0.1) is 0 Å². The molecule has 2 rings (SSSR count). The molecule has 2 saturated carbocycles. The minimum absolute atomic E-state index is 1.10. The normalized spacial score (nSPS) is 20.5. The van der Waals surface area contributed by atoms with E-state index in [1.54, 1.807) is 38.5 Å². The molecule has 0 aromatic heterocycles. The quantitative estimate of drug-likeness (QED) is 0.295. The Morgan fingerprint density at radius 2 is 0.625 bits per heavy atom. The molecule has 0 unspecified atom stereocenters. The number of unbranched alkanes of at least 4 members (excludes halogenated alkanes) is 9. The maximum atomic E-state index is 1.54. The van der Waals surface area contributed by atoms with Gasteiger partial charge >= 0.3 is 0 Å². The molecule has 0 heterocycles. The lowest BCUT2D eigenvalue weighted by Gasteiger charge is -2.21. The molecule has 0 aliphatic heterocycles. The molecule has 0 aromatic rings. The molecule has 0 radical (unpaired) electrons. The van der Waals surface area contributed by atoms with Crippen LogP contribution in [0.4, 0.5) is 0 Å². The highest BCUT2D eigenvalue weighted by molar-refractivity contribution is 4.66. The second-order valence-electron chi connectivity index (χ2n) is 9.12. The van der Waals surface area contributed by atoms with Crippen molar-refractivity contribution in [3.63, 3.8) is 0 Å². The molecule has 0 heteroatoms. The highest BCUT2D eigenvalue weighted by atomic mass is 14.2. The molecule has 2 aliphatic carbocycles. The van der Waals surface area contributed by atoms with E-state index in [0.717, 1.165) is 11.8 Å². The Morgan fingerprint density at radius 3 is 0.958 bits per heavy atom. The second-order valence-corrected chi connectivity index (χ2v) is 9.12. The van der Waals surface area contributed by atoms with Crippen LogP contribution in [0.3, 0.4) is 0 Å². The van der Waals surface area contributed by atoms with Gasteiger partial charge in [-0.25, -0.2) is 0 Å². The van der Waals surface area contributed by atoms with Gasteiger partial charge < -0.3 is 0 Å². The van der Waals surface area contributed by atoms with Crippen molar-refractivity contribution >= 4 is 0 Å². The Bertz CT molecular complexity index is 229. The largest absolute Gasteiger partial charge is 0.0533 e. The number of rotatable bonds is 13. The van der Waals surface area contributed by atoms with E-state index >= 15 is 0 Å². The first-order chi connectivity index (χ1) is 11.9. The molecule has 0 N–H and O–H groups in total. The Balaban J connectivity index is 1.25. The van der Waals surface area contributed by atoms with E-state index in [4.69, 9.17) is 0 Å². The van der Waals surface area contributed by atoms with E-state index in [1.807, 2.05) is 0 Å². The lowest BCUT2D eigenvalue weighted by atomic mass is 9.85. The molecule has 24 heavy (non-hydrogen) atoms. The molecule has 2 fully saturated rings. The predicted molar refractivity (Wildman–Crippen MR) is 109 cm³/mol. The first-order valence-corrected chi connectivity index (χ1v) is 11.9. The van der Waals surface area contributed by atoms with E-state index in [9.17, 15) is 0 Å². The first-order valence-electron chi connectivity index (χ1n) is 11.9. The van der Waals surface area contributed by atoms with Crippen LogP contribution in [0.1, 0.15) is 141 Å². The summed E-state index contributed by atoms with van der Waals surface area (Å²) in [5.74, 6) is 2.21. The first kappa shape index (κ1) is 20.3. The summed E-state index contributed by atoms with van der Waals surface area (Å²) in [5, 5.41) is 0. The summed E-state index contributed by atoms with van der Waals surface area (Å²) in [5.41, 5.74) is 0. The van der Waals surface area contributed by atoms with Crippen molar-refractivity contribution in [2.24, 2.45) is 11.8 Å². The van der Waals surface area contributed by atoms with Crippen molar-refractivity contribution in [1.82, 2.24) is 0 Å². The monoisotopic (exact) mass is 334 g/mol. The third-order valence-electron chi connectivity index (χ3n) is 6.92. The summed E-state index contributed by atoms with van der Waals surface area (Å²) in [6.07, 6.45) is 33.5. The van der Waals surface area contributed by atoms with Crippen molar-refractivity contribution in [3.8, 4) is 0 Å². The standard InChI is InChI=1S/C24H46/c1(3-5-7-11-17-23-19-13-9-14-20-23)2-4-6-8-12-18-24-21-15-10-16-22-24/h23-24H,1-22H2. The van der Waals surface area contributed by atoms with Crippen LogP contribution in [0, 0.1) is 11.8 Å². The Morgan fingerprint density at radius 1 is 0.333 bits per heavy atom. The third-order valence-corrected chi connectivity index (χ3v) is 6.92. The molecular weight excluding hydrogens is 288 g/mol. The molecule has 2 aliphatic rings. The highest BCUT2D eigenvalue weighted by Gasteiger charge is 2.13. The van der Waals surface area contributed by atoms with Crippen molar-refractivity contribution < 1.29 is 0 Å². The van der Waals surface area contributed by atoms with Gasteiger partial charge in [-0.1, -0.05) is 141 Å². The summed E-state index contributed by atoms with van der Waals surface area (Å²) in [6.45, 7) is 0. The van der Waals surface area contributed by atoms with Crippen LogP contribution in [0.5, 0.6) is 0 Å². The van der Waals surface area contributed by atoms with Crippen molar-refractivity contribution in [1.29, 1.82) is 0 Å². The summed E-state index contributed by atoms with van der Waals surface area (Å²) < 4.78 is 0. The van der Waals surface area contributed by atoms with Gasteiger partial charge in [-0.2, -0.15) is 0 Å². The second kappa shape index (κ2) is 14.2. The molecule has 0 saturated heterocycles. The van der Waals surface area contributed by atoms with Gasteiger partial charge in [0.25, 0.3) is 0 Å². The van der Waals surface area contributed by atoms with Gasteiger partial charge in [0.2, 0.25) is 0 Å². The lowest BCUT2D eigenvalue weighted by molar-refractivity contribution is 0.327. The maximum Gasteiger partial charge on any atom is -0.0414 e. The van der Waals surface area contributed by atoms with E-state index in [-0.39, 0.29) is 0 Å². The minimum Gasteiger partial charge on any atom is -0.0533 e. The van der Waals surface area contributed by atoms with Crippen molar-refractivity contribution in [2.45, 2.75) is 141 Å². The van der Waals surface area contributed by atoms with Crippen LogP contribution in [0.2, 0.25) is 0 Å². The minimum atomic E-state index is 1.10. The number of hydrogen-bond acceptors (Lipinski definition) is 0. The summed E-state index contributed by atoms with van der Waals surface area (Å²) in [4.78, 5) is 0. The van der Waals surface area contributed by atoms with Crippen LogP contribution < -0.4 is 0 Å². The topological polar surface area (TPSA) is 0 Å². The van der Waals surface area contributed by atoms with Gasteiger partial charge in [-0.05, 0) is 11.8 Å². The zero-order valence-electron chi connectivity index (χ0n) is 16.7. The van der Waals surface area contributed by atoms with Gasteiger partial charge in [0.1, 0.15) is 0 Å². The zero-order chi connectivity index (χ0) is 16.7. The zero-order valence-corrected chi connectivity index (χ0v) is 16.7. The maximum absolute atomic E-state index is 1.54. The van der Waals surface area contributed by atoms with Crippen LogP contribution in [0.15, 0.2) is 0 Å². The average molecular weight is 335 g/mol. The fraction of sp³-hybridized carbons (Fsp3) is 1.00. The molecule has 0 spiro atoms. The predicted octanol–water partition coefficient (Wildman–Crippen LogP) is 8.83. The lowest BCUT2D eigenvalue weighted by Crippen LogP contribution is -2.05. The van der Waals surface area contributed by atoms with Crippen LogP contribution in [-0.2, 0) is 0 Å². The number of hydrogen-bond donors (Lipinski definition) is 0. The van der Waals surface area contributed by atoms with Gasteiger partial charge in [0, 0.05) is 0 Å².